The Bertz CT molecular complexity index is 529. The van der Waals surface area contributed by atoms with Crippen LogP contribution in [0.3, 0.4) is 0 Å². The zero-order valence-corrected chi connectivity index (χ0v) is 13.7. The average Bonchev–Trinajstić information content (AvgIpc) is 3.04. The summed E-state index contributed by atoms with van der Waals surface area (Å²) in [5.74, 6) is 1.10. The molecule has 2 heterocycles. The third kappa shape index (κ3) is 5.81. The number of rotatable bonds is 5. The van der Waals surface area contributed by atoms with E-state index in [0.717, 1.165) is 25.9 Å². The molecule has 3 amide bonds. The highest BCUT2D eigenvalue weighted by molar-refractivity contribution is 5.91. The van der Waals surface area contributed by atoms with Gasteiger partial charge in [-0.15, -0.1) is 0 Å². The SMILES string of the molecule is CC(C)NC(=O)NCC1CCN(C(=O)/C=C/c2ccco2)CC1. The number of carbonyl (C=O) groups excluding carboxylic acids is 2. The number of hydrogen-bond donors (Lipinski definition) is 2. The first-order chi connectivity index (χ1) is 11.0. The van der Waals surface area contributed by atoms with Crippen LogP contribution in [0.25, 0.3) is 6.08 Å². The Morgan fingerprint density at radius 1 is 1.39 bits per heavy atom. The molecule has 0 radical (unpaired) electrons. The van der Waals surface area contributed by atoms with Crippen molar-refractivity contribution in [3.05, 3.63) is 30.2 Å². The predicted molar refractivity (Wildman–Crippen MR) is 88.7 cm³/mol. The van der Waals surface area contributed by atoms with Crippen LogP contribution in [0.4, 0.5) is 4.79 Å². The van der Waals surface area contributed by atoms with Crippen LogP contribution in [0.2, 0.25) is 0 Å². The maximum Gasteiger partial charge on any atom is 0.314 e. The summed E-state index contributed by atoms with van der Waals surface area (Å²) in [7, 11) is 0. The molecule has 0 aromatic carbocycles. The van der Waals surface area contributed by atoms with Crippen molar-refractivity contribution in [2.75, 3.05) is 19.6 Å². The van der Waals surface area contributed by atoms with E-state index < -0.39 is 0 Å². The molecule has 2 rings (SSSR count). The topological polar surface area (TPSA) is 74.6 Å². The van der Waals surface area contributed by atoms with Gasteiger partial charge in [-0.1, -0.05) is 0 Å². The quantitative estimate of drug-likeness (QED) is 0.817. The zero-order valence-electron chi connectivity index (χ0n) is 13.7. The number of likely N-dealkylation sites (tertiary alicyclic amines) is 1. The first-order valence-electron chi connectivity index (χ1n) is 8.09. The van der Waals surface area contributed by atoms with Crippen molar-refractivity contribution in [1.29, 1.82) is 0 Å². The van der Waals surface area contributed by atoms with Gasteiger partial charge < -0.3 is 20.0 Å². The minimum Gasteiger partial charge on any atom is -0.465 e. The lowest BCUT2D eigenvalue weighted by Crippen LogP contribution is -2.44. The van der Waals surface area contributed by atoms with Gasteiger partial charge in [-0.05, 0) is 50.8 Å². The molecule has 2 N–H and O–H groups in total. The summed E-state index contributed by atoms with van der Waals surface area (Å²) in [6.07, 6.45) is 6.63. The summed E-state index contributed by atoms with van der Waals surface area (Å²) in [5, 5.41) is 5.70. The van der Waals surface area contributed by atoms with Gasteiger partial charge in [0.15, 0.2) is 0 Å². The van der Waals surface area contributed by atoms with Crippen LogP contribution in [0.5, 0.6) is 0 Å². The lowest BCUT2D eigenvalue weighted by Gasteiger charge is -2.31. The number of hydrogen-bond acceptors (Lipinski definition) is 3. The minimum atomic E-state index is -0.125. The average molecular weight is 319 g/mol. The summed E-state index contributed by atoms with van der Waals surface area (Å²) >= 11 is 0. The molecule has 1 aliphatic heterocycles. The smallest absolute Gasteiger partial charge is 0.314 e. The van der Waals surface area contributed by atoms with Gasteiger partial charge in [0.1, 0.15) is 5.76 Å². The van der Waals surface area contributed by atoms with Gasteiger partial charge in [0.25, 0.3) is 0 Å². The number of urea groups is 1. The van der Waals surface area contributed by atoms with Crippen LogP contribution in [0, 0.1) is 5.92 Å². The Balaban J connectivity index is 1.69. The molecule has 1 aromatic rings. The number of amides is 3. The van der Waals surface area contributed by atoms with E-state index in [0.29, 0.717) is 18.2 Å². The van der Waals surface area contributed by atoms with Crippen LogP contribution in [-0.4, -0.2) is 42.5 Å². The van der Waals surface area contributed by atoms with Crippen molar-refractivity contribution >= 4 is 18.0 Å². The molecule has 0 atom stereocenters. The van der Waals surface area contributed by atoms with Gasteiger partial charge in [-0.2, -0.15) is 0 Å². The van der Waals surface area contributed by atoms with Crippen molar-refractivity contribution in [1.82, 2.24) is 15.5 Å². The Labute approximate surface area is 136 Å². The maximum atomic E-state index is 12.1. The summed E-state index contributed by atoms with van der Waals surface area (Å²) in [5.41, 5.74) is 0. The Kier molecular flexibility index (Phi) is 6.26. The van der Waals surface area contributed by atoms with Gasteiger partial charge in [0.05, 0.1) is 6.26 Å². The fourth-order valence-corrected chi connectivity index (χ4v) is 2.55. The molecule has 23 heavy (non-hydrogen) atoms. The third-order valence-electron chi connectivity index (χ3n) is 3.83. The second-order valence-corrected chi connectivity index (χ2v) is 6.13. The van der Waals surface area contributed by atoms with Gasteiger partial charge in [0.2, 0.25) is 5.91 Å². The molecule has 6 nitrogen and oxygen atoms in total. The van der Waals surface area contributed by atoms with Gasteiger partial charge >= 0.3 is 6.03 Å². The van der Waals surface area contributed by atoms with E-state index in [1.807, 2.05) is 24.8 Å². The van der Waals surface area contributed by atoms with Crippen LogP contribution < -0.4 is 10.6 Å². The van der Waals surface area contributed by atoms with Crippen LogP contribution in [-0.2, 0) is 4.79 Å². The molecule has 1 aliphatic rings. The molecular formula is C17H25N3O3. The van der Waals surface area contributed by atoms with Crippen molar-refractivity contribution in [3.63, 3.8) is 0 Å². The molecule has 0 aliphatic carbocycles. The van der Waals surface area contributed by atoms with E-state index in [1.54, 1.807) is 24.5 Å². The summed E-state index contributed by atoms with van der Waals surface area (Å²) in [4.78, 5) is 25.5. The normalized spacial score (nSPS) is 16.0. The Morgan fingerprint density at radius 3 is 2.74 bits per heavy atom. The first-order valence-corrected chi connectivity index (χ1v) is 8.09. The number of furan rings is 1. The van der Waals surface area contributed by atoms with E-state index in [1.165, 1.54) is 0 Å². The monoisotopic (exact) mass is 319 g/mol. The number of piperidine rings is 1. The number of nitrogens with zero attached hydrogens (tertiary/aromatic N) is 1. The molecular weight excluding hydrogens is 294 g/mol. The van der Waals surface area contributed by atoms with E-state index >= 15 is 0 Å². The minimum absolute atomic E-state index is 0.00496. The highest BCUT2D eigenvalue weighted by Gasteiger charge is 2.21. The van der Waals surface area contributed by atoms with Crippen molar-refractivity contribution in [2.45, 2.75) is 32.7 Å². The number of nitrogens with one attached hydrogen (secondary N) is 2. The standard InChI is InChI=1S/C17H25N3O3/c1-13(2)19-17(22)18-12-14-7-9-20(10-8-14)16(21)6-5-15-4-3-11-23-15/h3-6,11,13-14H,7-10,12H2,1-2H3,(H2,18,19,22)/b6-5+. The zero-order chi connectivity index (χ0) is 16.7. The largest absolute Gasteiger partial charge is 0.465 e. The lowest BCUT2D eigenvalue weighted by molar-refractivity contribution is -0.127. The molecule has 0 unspecified atom stereocenters. The van der Waals surface area contributed by atoms with E-state index in [4.69, 9.17) is 4.42 Å². The highest BCUT2D eigenvalue weighted by atomic mass is 16.3. The van der Waals surface area contributed by atoms with E-state index in [2.05, 4.69) is 10.6 Å². The Morgan fingerprint density at radius 2 is 2.13 bits per heavy atom. The van der Waals surface area contributed by atoms with Crippen molar-refractivity contribution < 1.29 is 14.0 Å². The molecule has 0 bridgehead atoms. The van der Waals surface area contributed by atoms with Gasteiger partial charge in [0, 0.05) is 31.8 Å². The molecule has 1 fully saturated rings. The highest BCUT2D eigenvalue weighted by Crippen LogP contribution is 2.17. The van der Waals surface area contributed by atoms with Crippen LogP contribution in [0.15, 0.2) is 28.9 Å². The first kappa shape index (κ1) is 17.1. The van der Waals surface area contributed by atoms with Crippen molar-refractivity contribution in [2.24, 2.45) is 5.92 Å². The molecule has 126 valence electrons. The summed E-state index contributed by atoms with van der Waals surface area (Å²) in [6, 6.07) is 3.61. The molecule has 1 saturated heterocycles. The second-order valence-electron chi connectivity index (χ2n) is 6.13. The number of carbonyl (C=O) groups is 2. The second kappa shape index (κ2) is 8.41. The molecule has 0 saturated carbocycles. The predicted octanol–water partition coefficient (Wildman–Crippen LogP) is 2.24. The fraction of sp³-hybridized carbons (Fsp3) is 0.529. The Hall–Kier alpha value is -2.24. The van der Waals surface area contributed by atoms with Crippen molar-refractivity contribution in [3.8, 4) is 0 Å². The van der Waals surface area contributed by atoms with Gasteiger partial charge in [-0.3, -0.25) is 4.79 Å². The van der Waals surface area contributed by atoms with E-state index in [9.17, 15) is 9.59 Å². The molecule has 0 spiro atoms. The fourth-order valence-electron chi connectivity index (χ4n) is 2.55. The molecule has 1 aromatic heterocycles. The summed E-state index contributed by atoms with van der Waals surface area (Å²) in [6.45, 7) is 5.96. The lowest BCUT2D eigenvalue weighted by atomic mass is 9.97. The van der Waals surface area contributed by atoms with Crippen LogP contribution >= 0.6 is 0 Å². The maximum absolute atomic E-state index is 12.1. The van der Waals surface area contributed by atoms with Crippen LogP contribution in [0.1, 0.15) is 32.4 Å². The van der Waals surface area contributed by atoms with Gasteiger partial charge in [-0.25, -0.2) is 4.79 Å². The third-order valence-corrected chi connectivity index (χ3v) is 3.83. The van der Waals surface area contributed by atoms with E-state index in [-0.39, 0.29) is 18.0 Å². The molecule has 6 heteroatoms. The summed E-state index contributed by atoms with van der Waals surface area (Å²) < 4.78 is 5.17.